The maximum atomic E-state index is 12.6. The number of amides is 3. The van der Waals surface area contributed by atoms with E-state index >= 15 is 0 Å². The number of nitrogens with zero attached hydrogens (tertiary/aromatic N) is 1. The van der Waals surface area contributed by atoms with Gasteiger partial charge >= 0.3 is 11.9 Å². The van der Waals surface area contributed by atoms with Gasteiger partial charge < -0.3 is 43.4 Å². The average molecular weight is 478 g/mol. The van der Waals surface area contributed by atoms with Gasteiger partial charge in [-0.3, -0.25) is 24.2 Å². The van der Waals surface area contributed by atoms with E-state index in [1.54, 1.807) is 0 Å². The zero-order valence-corrected chi connectivity index (χ0v) is 18.5. The minimum absolute atomic E-state index is 0.0246. The van der Waals surface area contributed by atoms with Crippen molar-refractivity contribution in [3.8, 4) is 0 Å². The average Bonchev–Trinajstić information content (AvgIpc) is 2.70. The lowest BCUT2D eigenvalue weighted by atomic mass is 10.1. The van der Waals surface area contributed by atoms with Crippen LogP contribution < -0.4 is 33.2 Å². The van der Waals surface area contributed by atoms with Crippen molar-refractivity contribution in [3.63, 3.8) is 0 Å². The first-order valence-corrected chi connectivity index (χ1v) is 10.3. The van der Waals surface area contributed by atoms with Crippen LogP contribution in [0.4, 0.5) is 0 Å². The fourth-order valence-electron chi connectivity index (χ4n) is 2.34. The summed E-state index contributed by atoms with van der Waals surface area (Å²) in [5, 5.41) is 25.1. The SMILES string of the molecule is CC(N)C(=O)NC(CCC(=O)O)C(=O)NC(CS)C(=O)NC(CCCN=C(N)N)C(=O)O. The van der Waals surface area contributed by atoms with E-state index < -0.39 is 60.2 Å². The predicted molar refractivity (Wildman–Crippen MR) is 118 cm³/mol. The molecule has 0 spiro atoms. The van der Waals surface area contributed by atoms with Gasteiger partial charge in [-0.25, -0.2) is 4.79 Å². The van der Waals surface area contributed by atoms with E-state index in [1.165, 1.54) is 6.92 Å². The lowest BCUT2D eigenvalue weighted by molar-refractivity contribution is -0.142. The normalized spacial score (nSPS) is 14.2. The van der Waals surface area contributed by atoms with Crippen LogP contribution in [0, 0.1) is 0 Å². The van der Waals surface area contributed by atoms with Crippen molar-refractivity contribution in [2.24, 2.45) is 22.2 Å². The molecule has 0 saturated carbocycles. The predicted octanol–water partition coefficient (Wildman–Crippen LogP) is -3.28. The number of hydrogen-bond acceptors (Lipinski definition) is 8. The standard InChI is InChI=1S/C17H31N7O7S/c1-8(18)13(27)22-9(4-5-12(25)26)14(28)24-11(7-32)15(29)23-10(16(30)31)3-2-6-21-17(19)20/h8-11,32H,2-7,18H2,1H3,(H,22,27)(H,23,29)(H,24,28)(H,25,26)(H,30,31)(H4,19,20,21). The highest BCUT2D eigenvalue weighted by atomic mass is 32.1. The fraction of sp³-hybridized carbons (Fsp3) is 0.647. The first-order chi connectivity index (χ1) is 14.9. The summed E-state index contributed by atoms with van der Waals surface area (Å²) in [6, 6.07) is -4.73. The van der Waals surface area contributed by atoms with Gasteiger partial charge in [0.2, 0.25) is 17.7 Å². The maximum Gasteiger partial charge on any atom is 0.326 e. The Kier molecular flexibility index (Phi) is 13.4. The molecule has 0 bridgehead atoms. The number of carboxylic acids is 2. The molecule has 0 aliphatic heterocycles. The van der Waals surface area contributed by atoms with E-state index in [9.17, 15) is 29.1 Å². The molecule has 0 aliphatic rings. The second-order valence-corrected chi connectivity index (χ2v) is 7.24. The highest BCUT2D eigenvalue weighted by molar-refractivity contribution is 7.80. The molecule has 0 heterocycles. The lowest BCUT2D eigenvalue weighted by Gasteiger charge is -2.24. The molecule has 0 saturated heterocycles. The second kappa shape index (κ2) is 14.9. The summed E-state index contributed by atoms with van der Waals surface area (Å²) in [5.74, 6) is -5.17. The third-order valence-corrected chi connectivity index (χ3v) is 4.43. The zero-order chi connectivity index (χ0) is 24.8. The summed E-state index contributed by atoms with van der Waals surface area (Å²) in [7, 11) is 0. The molecule has 15 heteroatoms. The van der Waals surface area contributed by atoms with Crippen LogP contribution in [-0.4, -0.2) is 82.3 Å². The van der Waals surface area contributed by atoms with Gasteiger partial charge in [0.15, 0.2) is 5.96 Å². The van der Waals surface area contributed by atoms with Gasteiger partial charge in [0.25, 0.3) is 0 Å². The van der Waals surface area contributed by atoms with Crippen LogP contribution in [0.5, 0.6) is 0 Å². The molecule has 4 atom stereocenters. The molecule has 0 fully saturated rings. The van der Waals surface area contributed by atoms with Crippen molar-refractivity contribution in [2.45, 2.75) is 56.8 Å². The molecule has 0 rings (SSSR count). The van der Waals surface area contributed by atoms with E-state index in [1.807, 2.05) is 0 Å². The third-order valence-electron chi connectivity index (χ3n) is 4.07. The van der Waals surface area contributed by atoms with E-state index in [0.29, 0.717) is 0 Å². The fourth-order valence-corrected chi connectivity index (χ4v) is 2.60. The first-order valence-electron chi connectivity index (χ1n) is 9.66. The van der Waals surface area contributed by atoms with Crippen molar-refractivity contribution in [1.29, 1.82) is 0 Å². The van der Waals surface area contributed by atoms with Gasteiger partial charge in [0.1, 0.15) is 18.1 Å². The van der Waals surface area contributed by atoms with Crippen LogP contribution in [0.3, 0.4) is 0 Å². The van der Waals surface area contributed by atoms with Gasteiger partial charge in [0, 0.05) is 18.7 Å². The number of nitrogens with two attached hydrogens (primary N) is 3. The summed E-state index contributed by atoms with van der Waals surface area (Å²) in [6.07, 6.45) is -0.376. The molecule has 0 aliphatic carbocycles. The molecule has 0 radical (unpaired) electrons. The van der Waals surface area contributed by atoms with Crippen LogP contribution >= 0.6 is 12.6 Å². The number of hydrogen-bond donors (Lipinski definition) is 9. The Bertz CT molecular complexity index is 713. The van der Waals surface area contributed by atoms with Crippen LogP contribution in [0.25, 0.3) is 0 Å². The molecule has 0 aromatic rings. The van der Waals surface area contributed by atoms with Gasteiger partial charge in [-0.15, -0.1) is 0 Å². The number of rotatable bonds is 15. The molecule has 14 nitrogen and oxygen atoms in total. The van der Waals surface area contributed by atoms with E-state index in [0.717, 1.165) is 0 Å². The third kappa shape index (κ3) is 11.9. The maximum absolute atomic E-state index is 12.6. The molecule has 11 N–H and O–H groups in total. The Morgan fingerprint density at radius 3 is 1.91 bits per heavy atom. The number of guanidine groups is 1. The summed E-state index contributed by atoms with van der Waals surface area (Å²) < 4.78 is 0. The van der Waals surface area contributed by atoms with Crippen LogP contribution in [-0.2, 0) is 24.0 Å². The summed E-state index contributed by atoms with van der Waals surface area (Å²) >= 11 is 4.00. The second-order valence-electron chi connectivity index (χ2n) is 6.87. The van der Waals surface area contributed by atoms with Crippen molar-refractivity contribution < 1.29 is 34.2 Å². The van der Waals surface area contributed by atoms with Crippen LogP contribution in [0.15, 0.2) is 4.99 Å². The number of carbonyl (C=O) groups excluding carboxylic acids is 3. The Morgan fingerprint density at radius 2 is 1.44 bits per heavy atom. The topological polar surface area (TPSA) is 252 Å². The molecule has 4 unspecified atom stereocenters. The van der Waals surface area contributed by atoms with Crippen LogP contribution in [0.2, 0.25) is 0 Å². The minimum atomic E-state index is -1.30. The van der Waals surface area contributed by atoms with Crippen molar-refractivity contribution in [3.05, 3.63) is 0 Å². The van der Waals surface area contributed by atoms with E-state index in [2.05, 4.69) is 33.6 Å². The van der Waals surface area contributed by atoms with E-state index in [4.69, 9.17) is 22.3 Å². The van der Waals surface area contributed by atoms with Crippen molar-refractivity contribution >= 4 is 48.2 Å². The number of carboxylic acid groups (broad SMARTS) is 2. The lowest BCUT2D eigenvalue weighted by Crippen LogP contribution is -2.57. The highest BCUT2D eigenvalue weighted by Crippen LogP contribution is 2.03. The molecular weight excluding hydrogens is 446 g/mol. The monoisotopic (exact) mass is 477 g/mol. The molecule has 182 valence electrons. The van der Waals surface area contributed by atoms with Gasteiger partial charge in [-0.05, 0) is 26.2 Å². The number of nitrogens with one attached hydrogen (secondary N) is 3. The first kappa shape index (κ1) is 28.9. The van der Waals surface area contributed by atoms with Gasteiger partial charge in [-0.1, -0.05) is 0 Å². The summed E-state index contributed by atoms with van der Waals surface area (Å²) in [5.41, 5.74) is 15.8. The Balaban J connectivity index is 5.13. The minimum Gasteiger partial charge on any atom is -0.481 e. The number of aliphatic imine (C=N–C) groups is 1. The van der Waals surface area contributed by atoms with E-state index in [-0.39, 0.29) is 37.5 Å². The van der Waals surface area contributed by atoms with Crippen molar-refractivity contribution in [2.75, 3.05) is 12.3 Å². The number of thiol groups is 1. The number of aliphatic carboxylic acids is 2. The summed E-state index contributed by atoms with van der Waals surface area (Å²) in [4.78, 5) is 62.8. The van der Waals surface area contributed by atoms with Gasteiger partial charge in [0.05, 0.1) is 6.04 Å². The molecule has 32 heavy (non-hydrogen) atoms. The number of carbonyl (C=O) groups is 5. The molecule has 0 aromatic heterocycles. The Hall–Kier alpha value is -3.07. The smallest absolute Gasteiger partial charge is 0.326 e. The Morgan fingerprint density at radius 1 is 0.906 bits per heavy atom. The summed E-state index contributed by atoms with van der Waals surface area (Å²) in [6.45, 7) is 1.55. The highest BCUT2D eigenvalue weighted by Gasteiger charge is 2.29. The zero-order valence-electron chi connectivity index (χ0n) is 17.6. The van der Waals surface area contributed by atoms with Gasteiger partial charge in [-0.2, -0.15) is 12.6 Å². The van der Waals surface area contributed by atoms with Crippen LogP contribution in [0.1, 0.15) is 32.6 Å². The molecule has 3 amide bonds. The van der Waals surface area contributed by atoms with Crippen molar-refractivity contribution in [1.82, 2.24) is 16.0 Å². The Labute approximate surface area is 190 Å². The quantitative estimate of drug-likeness (QED) is 0.0492. The molecule has 0 aromatic carbocycles. The molecular formula is C17H31N7O7S. The largest absolute Gasteiger partial charge is 0.481 e.